The van der Waals surface area contributed by atoms with E-state index in [1.807, 2.05) is 24.3 Å². The van der Waals surface area contributed by atoms with E-state index in [1.165, 1.54) is 43.7 Å². The van der Waals surface area contributed by atoms with Crippen molar-refractivity contribution in [3.8, 4) is 0 Å². The highest BCUT2D eigenvalue weighted by atomic mass is 35.5. The predicted octanol–water partition coefficient (Wildman–Crippen LogP) is 5.43. The molecule has 130 valence electrons. The highest BCUT2D eigenvalue weighted by molar-refractivity contribution is 6.30. The molecule has 3 rings (SSSR count). The van der Waals surface area contributed by atoms with Crippen LogP contribution in [0.5, 0.6) is 0 Å². The van der Waals surface area contributed by atoms with Crippen LogP contribution in [0.2, 0.25) is 5.02 Å². The number of hydrogen-bond donors (Lipinski definition) is 0. The number of carbonyl (C=O) groups excluding carboxylic acids is 2. The van der Waals surface area contributed by atoms with Crippen molar-refractivity contribution in [1.82, 2.24) is 0 Å². The fourth-order valence-corrected chi connectivity index (χ4v) is 3.48. The maximum absolute atomic E-state index is 12.2. The van der Waals surface area contributed by atoms with Crippen LogP contribution in [0.4, 0.5) is 0 Å². The summed E-state index contributed by atoms with van der Waals surface area (Å²) in [5.41, 5.74) is 2.21. The molecule has 0 amide bonds. The molecule has 1 aliphatic carbocycles. The first-order valence-corrected chi connectivity index (χ1v) is 9.07. The maximum Gasteiger partial charge on any atom is 0.338 e. The van der Waals surface area contributed by atoms with Crippen LogP contribution >= 0.6 is 11.6 Å². The lowest BCUT2D eigenvalue weighted by molar-refractivity contribution is 0.0475. The second-order valence-electron chi connectivity index (χ2n) is 6.47. The third-order valence-electron chi connectivity index (χ3n) is 4.70. The Morgan fingerprint density at radius 1 is 0.960 bits per heavy atom. The molecule has 1 aliphatic rings. The van der Waals surface area contributed by atoms with E-state index in [0.29, 0.717) is 22.1 Å². The van der Waals surface area contributed by atoms with Crippen LogP contribution in [0.25, 0.3) is 0 Å². The minimum Gasteiger partial charge on any atom is -0.454 e. The normalized spacial score (nSPS) is 14.9. The predicted molar refractivity (Wildman–Crippen MR) is 98.3 cm³/mol. The van der Waals surface area contributed by atoms with Crippen molar-refractivity contribution in [3.05, 3.63) is 70.2 Å². The van der Waals surface area contributed by atoms with E-state index in [0.717, 1.165) is 0 Å². The summed E-state index contributed by atoms with van der Waals surface area (Å²) >= 11 is 5.85. The van der Waals surface area contributed by atoms with Crippen molar-refractivity contribution >= 4 is 23.4 Å². The standard InChI is InChI=1S/C21H21ClO3/c22-19-8-4-7-18(13-19)21(24)25-14-20(23)17-11-9-16(10-12-17)15-5-2-1-3-6-15/h4,7-13,15H,1-3,5-6,14H2. The first-order valence-electron chi connectivity index (χ1n) is 8.69. The summed E-state index contributed by atoms with van der Waals surface area (Å²) in [6.45, 7) is -0.270. The Morgan fingerprint density at radius 2 is 1.68 bits per heavy atom. The molecular formula is C21H21ClO3. The highest BCUT2D eigenvalue weighted by Crippen LogP contribution is 2.32. The zero-order chi connectivity index (χ0) is 17.6. The Balaban J connectivity index is 1.56. The fourth-order valence-electron chi connectivity index (χ4n) is 3.29. The van der Waals surface area contributed by atoms with Crippen molar-refractivity contribution in [2.24, 2.45) is 0 Å². The number of halogens is 1. The molecule has 0 unspecified atom stereocenters. The van der Waals surface area contributed by atoms with Crippen molar-refractivity contribution in [1.29, 1.82) is 0 Å². The van der Waals surface area contributed by atoms with Gasteiger partial charge >= 0.3 is 5.97 Å². The average molecular weight is 357 g/mol. The molecule has 0 spiro atoms. The first kappa shape index (κ1) is 17.7. The van der Waals surface area contributed by atoms with E-state index in [-0.39, 0.29) is 12.4 Å². The Morgan fingerprint density at radius 3 is 2.36 bits per heavy atom. The molecule has 0 N–H and O–H groups in total. The largest absolute Gasteiger partial charge is 0.454 e. The number of Topliss-reactive ketones (excluding diaryl/α,β-unsaturated/α-hetero) is 1. The van der Waals surface area contributed by atoms with Gasteiger partial charge in [0.05, 0.1) is 5.56 Å². The molecule has 0 atom stereocenters. The van der Waals surface area contributed by atoms with Crippen LogP contribution in [0.15, 0.2) is 48.5 Å². The van der Waals surface area contributed by atoms with Gasteiger partial charge in [0.1, 0.15) is 0 Å². The number of carbonyl (C=O) groups is 2. The van der Waals surface area contributed by atoms with Crippen molar-refractivity contribution in [3.63, 3.8) is 0 Å². The Labute approximate surface area is 153 Å². The van der Waals surface area contributed by atoms with Gasteiger partial charge in [-0.15, -0.1) is 0 Å². The lowest BCUT2D eigenvalue weighted by atomic mass is 9.84. The quantitative estimate of drug-likeness (QED) is 0.530. The minimum absolute atomic E-state index is 0.203. The van der Waals surface area contributed by atoms with Crippen LogP contribution in [0.3, 0.4) is 0 Å². The van der Waals surface area contributed by atoms with E-state index in [9.17, 15) is 9.59 Å². The third-order valence-corrected chi connectivity index (χ3v) is 4.94. The zero-order valence-corrected chi connectivity index (χ0v) is 14.8. The van der Waals surface area contributed by atoms with Gasteiger partial charge in [0, 0.05) is 10.6 Å². The number of benzene rings is 2. The lowest BCUT2D eigenvalue weighted by Crippen LogP contribution is -2.14. The summed E-state index contributed by atoms with van der Waals surface area (Å²) in [4.78, 5) is 24.2. The average Bonchev–Trinajstić information content (AvgIpc) is 2.66. The summed E-state index contributed by atoms with van der Waals surface area (Å²) in [7, 11) is 0. The van der Waals surface area contributed by atoms with Crippen LogP contribution in [-0.2, 0) is 4.74 Å². The third kappa shape index (κ3) is 4.70. The Hall–Kier alpha value is -2.13. The number of hydrogen-bond acceptors (Lipinski definition) is 3. The molecule has 0 aromatic heterocycles. The van der Waals surface area contributed by atoms with Crippen LogP contribution in [0, 0.1) is 0 Å². The van der Waals surface area contributed by atoms with Crippen molar-refractivity contribution in [2.75, 3.05) is 6.61 Å². The summed E-state index contributed by atoms with van der Waals surface area (Å²) in [5.74, 6) is -0.140. The van der Waals surface area contributed by atoms with Gasteiger partial charge in [-0.2, -0.15) is 0 Å². The molecule has 25 heavy (non-hydrogen) atoms. The monoisotopic (exact) mass is 356 g/mol. The highest BCUT2D eigenvalue weighted by Gasteiger charge is 2.16. The van der Waals surface area contributed by atoms with Gasteiger partial charge in [0.15, 0.2) is 12.4 Å². The van der Waals surface area contributed by atoms with E-state index < -0.39 is 5.97 Å². The van der Waals surface area contributed by atoms with Crippen molar-refractivity contribution < 1.29 is 14.3 Å². The molecule has 2 aromatic carbocycles. The molecule has 1 fully saturated rings. The topological polar surface area (TPSA) is 43.4 Å². The minimum atomic E-state index is -0.547. The van der Waals surface area contributed by atoms with Crippen molar-refractivity contribution in [2.45, 2.75) is 38.0 Å². The van der Waals surface area contributed by atoms with Gasteiger partial charge < -0.3 is 4.74 Å². The molecule has 2 aromatic rings. The van der Waals surface area contributed by atoms with Crippen LogP contribution in [0.1, 0.15) is 64.3 Å². The molecule has 3 nitrogen and oxygen atoms in total. The van der Waals surface area contributed by atoms with Gasteiger partial charge in [0.25, 0.3) is 0 Å². The molecule has 0 radical (unpaired) electrons. The molecule has 0 aliphatic heterocycles. The van der Waals surface area contributed by atoms with E-state index in [2.05, 4.69) is 0 Å². The summed E-state index contributed by atoms with van der Waals surface area (Å²) in [5, 5.41) is 0.457. The first-order chi connectivity index (χ1) is 12.1. The second kappa shape index (κ2) is 8.30. The molecule has 0 saturated heterocycles. The molecule has 0 bridgehead atoms. The molecule has 1 saturated carbocycles. The van der Waals surface area contributed by atoms with E-state index in [4.69, 9.17) is 16.3 Å². The SMILES string of the molecule is O=C(COC(=O)c1cccc(Cl)c1)c1ccc(C2CCCCC2)cc1. The molecule has 4 heteroatoms. The van der Waals surface area contributed by atoms with Gasteiger partial charge in [-0.25, -0.2) is 4.79 Å². The zero-order valence-electron chi connectivity index (χ0n) is 14.0. The summed E-state index contributed by atoms with van der Waals surface area (Å²) < 4.78 is 5.10. The second-order valence-corrected chi connectivity index (χ2v) is 6.90. The Bertz CT molecular complexity index is 746. The summed E-state index contributed by atoms with van der Waals surface area (Å²) in [6.07, 6.45) is 6.34. The lowest BCUT2D eigenvalue weighted by Gasteiger charge is -2.22. The molecular weight excluding hydrogens is 336 g/mol. The summed E-state index contributed by atoms with van der Waals surface area (Å²) in [6, 6.07) is 14.2. The Kier molecular flexibility index (Phi) is 5.87. The van der Waals surface area contributed by atoms with Gasteiger partial charge in [-0.05, 0) is 42.5 Å². The number of esters is 1. The number of rotatable bonds is 5. The van der Waals surface area contributed by atoms with Gasteiger partial charge in [-0.3, -0.25) is 4.79 Å². The van der Waals surface area contributed by atoms with E-state index >= 15 is 0 Å². The number of ether oxygens (including phenoxy) is 1. The van der Waals surface area contributed by atoms with E-state index in [1.54, 1.807) is 18.2 Å². The van der Waals surface area contributed by atoms with Gasteiger partial charge in [-0.1, -0.05) is 61.2 Å². The smallest absolute Gasteiger partial charge is 0.338 e. The van der Waals surface area contributed by atoms with Gasteiger partial charge in [0.2, 0.25) is 0 Å². The van der Waals surface area contributed by atoms with Crippen LogP contribution in [-0.4, -0.2) is 18.4 Å². The van der Waals surface area contributed by atoms with Crippen LogP contribution < -0.4 is 0 Å². The number of ketones is 1. The fraction of sp³-hybridized carbons (Fsp3) is 0.333. The maximum atomic E-state index is 12.2. The molecule has 0 heterocycles.